The monoisotopic (exact) mass is 398 g/mol. The third kappa shape index (κ3) is 5.53. The second kappa shape index (κ2) is 8.41. The van der Waals surface area contributed by atoms with Gasteiger partial charge in [-0.05, 0) is 81.5 Å². The van der Waals surface area contributed by atoms with Crippen LogP contribution in [0, 0.1) is 0 Å². The average molecular weight is 399 g/mol. The highest BCUT2D eigenvalue weighted by atomic mass is 79.9. The summed E-state index contributed by atoms with van der Waals surface area (Å²) in [5, 5.41) is 3.43. The quantitative estimate of drug-likeness (QED) is 0.785. The van der Waals surface area contributed by atoms with Crippen LogP contribution in [0.2, 0.25) is 0 Å². The molecular formula is C18H27BrN2O3. The predicted molar refractivity (Wildman–Crippen MR) is 96.7 cm³/mol. The van der Waals surface area contributed by atoms with Crippen LogP contribution in [0.1, 0.15) is 52.0 Å². The predicted octanol–water partition coefficient (Wildman–Crippen LogP) is 3.56. The van der Waals surface area contributed by atoms with Gasteiger partial charge in [-0.2, -0.15) is 0 Å². The Labute approximate surface area is 152 Å². The van der Waals surface area contributed by atoms with E-state index >= 15 is 0 Å². The number of aromatic nitrogens is 1. The van der Waals surface area contributed by atoms with Crippen molar-refractivity contribution < 1.29 is 14.3 Å². The zero-order valence-electron chi connectivity index (χ0n) is 14.7. The number of esters is 1. The summed E-state index contributed by atoms with van der Waals surface area (Å²) in [7, 11) is 0. The van der Waals surface area contributed by atoms with E-state index in [0.29, 0.717) is 0 Å². The number of nitrogens with one attached hydrogen (secondary N) is 1. The molecule has 134 valence electrons. The number of hydrogen-bond donors (Lipinski definition) is 1. The number of carbonyl (C=O) groups is 1. The summed E-state index contributed by atoms with van der Waals surface area (Å²) in [5.41, 5.74) is 0.0316. The topological polar surface area (TPSA) is 60.5 Å². The van der Waals surface area contributed by atoms with Gasteiger partial charge in [0.1, 0.15) is 12.2 Å². The molecular weight excluding hydrogens is 372 g/mol. The van der Waals surface area contributed by atoms with Crippen molar-refractivity contribution >= 4 is 21.9 Å². The summed E-state index contributed by atoms with van der Waals surface area (Å²) < 4.78 is 12.5. The van der Waals surface area contributed by atoms with Gasteiger partial charge in [0, 0.05) is 22.4 Å². The number of ether oxygens (including phenoxy) is 2. The second-order valence-corrected chi connectivity index (χ2v) is 8.04. The van der Waals surface area contributed by atoms with Crippen LogP contribution in [-0.4, -0.2) is 36.3 Å². The van der Waals surface area contributed by atoms with Crippen molar-refractivity contribution in [3.05, 3.63) is 28.5 Å². The first kappa shape index (κ1) is 19.3. The molecule has 0 spiro atoms. The van der Waals surface area contributed by atoms with E-state index in [1.165, 1.54) is 0 Å². The van der Waals surface area contributed by atoms with Crippen LogP contribution in [0.3, 0.4) is 0 Å². The minimum atomic E-state index is -0.508. The van der Waals surface area contributed by atoms with Gasteiger partial charge >= 0.3 is 5.97 Å². The van der Waals surface area contributed by atoms with Crippen LogP contribution in [0.25, 0.3) is 0 Å². The molecule has 1 aliphatic heterocycles. The summed E-state index contributed by atoms with van der Waals surface area (Å²) in [6.45, 7) is 7.41. The van der Waals surface area contributed by atoms with E-state index in [1.54, 1.807) is 12.4 Å². The summed E-state index contributed by atoms with van der Waals surface area (Å²) in [6.07, 6.45) is 7.36. The summed E-state index contributed by atoms with van der Waals surface area (Å²) >= 11 is 3.59. The minimum absolute atomic E-state index is 0.0496. The molecule has 0 bridgehead atoms. The van der Waals surface area contributed by atoms with Gasteiger partial charge in [0.2, 0.25) is 0 Å². The Hall–Kier alpha value is -0.980. The number of halogens is 1. The van der Waals surface area contributed by atoms with Crippen LogP contribution >= 0.6 is 15.9 Å². The molecule has 0 radical (unpaired) electrons. The van der Waals surface area contributed by atoms with E-state index in [0.717, 1.165) is 48.8 Å². The van der Waals surface area contributed by atoms with Crippen molar-refractivity contribution in [3.63, 3.8) is 0 Å². The van der Waals surface area contributed by atoms with Gasteiger partial charge in [-0.1, -0.05) is 0 Å². The number of nitrogens with zero attached hydrogens (tertiary/aromatic N) is 1. The normalized spacial score (nSPS) is 22.5. The van der Waals surface area contributed by atoms with Gasteiger partial charge in [-0.25, -0.2) is 4.79 Å². The minimum Gasteiger partial charge on any atom is -0.458 e. The Morgan fingerprint density at radius 2 is 2.12 bits per heavy atom. The van der Waals surface area contributed by atoms with Crippen LogP contribution in [0.15, 0.2) is 22.9 Å². The van der Waals surface area contributed by atoms with Crippen LogP contribution < -0.4 is 5.32 Å². The SMILES string of the molecule is CC(C)(C)OC(=O)COC1(c2ccncc2Br)CCCCNCC1. The van der Waals surface area contributed by atoms with Gasteiger partial charge in [0.15, 0.2) is 0 Å². The lowest BCUT2D eigenvalue weighted by atomic mass is 9.84. The molecule has 1 N–H and O–H groups in total. The van der Waals surface area contributed by atoms with E-state index in [-0.39, 0.29) is 12.6 Å². The van der Waals surface area contributed by atoms with E-state index in [2.05, 4.69) is 26.2 Å². The van der Waals surface area contributed by atoms with Gasteiger partial charge in [0.25, 0.3) is 0 Å². The van der Waals surface area contributed by atoms with Gasteiger partial charge in [0.05, 0.1) is 5.60 Å². The van der Waals surface area contributed by atoms with E-state index in [4.69, 9.17) is 9.47 Å². The Morgan fingerprint density at radius 1 is 1.33 bits per heavy atom. The molecule has 0 aliphatic carbocycles. The maximum absolute atomic E-state index is 12.1. The second-order valence-electron chi connectivity index (χ2n) is 7.18. The Balaban J connectivity index is 2.19. The van der Waals surface area contributed by atoms with Crippen molar-refractivity contribution in [2.24, 2.45) is 0 Å². The van der Waals surface area contributed by atoms with Gasteiger partial charge in [-0.15, -0.1) is 0 Å². The molecule has 1 saturated heterocycles. The Morgan fingerprint density at radius 3 is 2.83 bits per heavy atom. The third-order valence-corrected chi connectivity index (χ3v) is 4.67. The van der Waals surface area contributed by atoms with Crippen molar-refractivity contribution in [1.29, 1.82) is 0 Å². The highest BCUT2D eigenvalue weighted by Crippen LogP contribution is 2.39. The number of rotatable bonds is 4. The molecule has 1 atom stereocenters. The van der Waals surface area contributed by atoms with Crippen LogP contribution in [-0.2, 0) is 19.9 Å². The molecule has 2 rings (SSSR count). The lowest BCUT2D eigenvalue weighted by molar-refractivity contribution is -0.169. The Kier molecular flexibility index (Phi) is 6.78. The molecule has 6 heteroatoms. The van der Waals surface area contributed by atoms with Crippen LogP contribution in [0.4, 0.5) is 0 Å². The molecule has 0 aromatic carbocycles. The van der Waals surface area contributed by atoms with Crippen molar-refractivity contribution in [2.45, 2.75) is 57.7 Å². The lowest BCUT2D eigenvalue weighted by Crippen LogP contribution is -2.39. The van der Waals surface area contributed by atoms with Gasteiger partial charge in [-0.3, -0.25) is 4.98 Å². The maximum Gasteiger partial charge on any atom is 0.332 e. The van der Waals surface area contributed by atoms with Crippen molar-refractivity contribution in [1.82, 2.24) is 10.3 Å². The lowest BCUT2D eigenvalue weighted by Gasteiger charge is -2.36. The van der Waals surface area contributed by atoms with E-state index in [9.17, 15) is 4.79 Å². The Bertz CT molecular complexity index is 549. The smallest absolute Gasteiger partial charge is 0.332 e. The molecule has 1 fully saturated rings. The molecule has 1 aliphatic rings. The number of pyridine rings is 1. The molecule has 24 heavy (non-hydrogen) atoms. The van der Waals surface area contributed by atoms with Crippen molar-refractivity contribution in [3.8, 4) is 0 Å². The standard InChI is InChI=1S/C18H27BrN2O3/c1-17(2,3)24-16(22)13-23-18(7-4-5-9-20-11-8-18)14-6-10-21-12-15(14)19/h6,10,12,20H,4-5,7-9,11,13H2,1-3H3. The molecule has 2 heterocycles. The summed E-state index contributed by atoms with van der Waals surface area (Å²) in [5.74, 6) is -0.331. The third-order valence-electron chi connectivity index (χ3n) is 4.04. The summed E-state index contributed by atoms with van der Waals surface area (Å²) in [6, 6.07) is 1.97. The zero-order chi connectivity index (χ0) is 17.6. The van der Waals surface area contributed by atoms with Crippen LogP contribution in [0.5, 0.6) is 0 Å². The molecule has 1 aromatic rings. The molecule has 1 unspecified atom stereocenters. The fourth-order valence-electron chi connectivity index (χ4n) is 3.01. The fraction of sp³-hybridized carbons (Fsp3) is 0.667. The first-order valence-corrected chi connectivity index (χ1v) is 9.28. The highest BCUT2D eigenvalue weighted by molar-refractivity contribution is 9.10. The van der Waals surface area contributed by atoms with Gasteiger partial charge < -0.3 is 14.8 Å². The van der Waals surface area contributed by atoms with E-state index < -0.39 is 11.2 Å². The number of carbonyl (C=O) groups excluding carboxylic acids is 1. The first-order chi connectivity index (χ1) is 11.3. The molecule has 0 amide bonds. The summed E-state index contributed by atoms with van der Waals surface area (Å²) in [4.78, 5) is 16.3. The first-order valence-electron chi connectivity index (χ1n) is 8.49. The molecule has 0 saturated carbocycles. The average Bonchev–Trinajstić information content (AvgIpc) is 2.46. The van der Waals surface area contributed by atoms with E-state index in [1.807, 2.05) is 26.8 Å². The zero-order valence-corrected chi connectivity index (χ0v) is 16.3. The largest absolute Gasteiger partial charge is 0.458 e. The maximum atomic E-state index is 12.1. The van der Waals surface area contributed by atoms with Crippen molar-refractivity contribution in [2.75, 3.05) is 19.7 Å². The molecule has 1 aromatic heterocycles. The molecule has 5 nitrogen and oxygen atoms in total. The number of hydrogen-bond acceptors (Lipinski definition) is 5. The highest BCUT2D eigenvalue weighted by Gasteiger charge is 2.36. The fourth-order valence-corrected chi connectivity index (χ4v) is 3.62.